The first-order valence-corrected chi connectivity index (χ1v) is 22.5. The number of carbonyl (C=O) groups is 4. The quantitative estimate of drug-likeness (QED) is 0.148. The van der Waals surface area contributed by atoms with E-state index in [4.69, 9.17) is 9.47 Å². The number of ether oxygens (including phenoxy) is 2. The molecule has 1 saturated carbocycles. The molecule has 1 aromatic rings. The van der Waals surface area contributed by atoms with Crippen LogP contribution in [0.5, 0.6) is 0 Å². The van der Waals surface area contributed by atoms with Crippen LogP contribution in [-0.2, 0) is 44.2 Å². The highest BCUT2D eigenvalue weighted by molar-refractivity contribution is 7.90. The first kappa shape index (κ1) is 49.0. The number of rotatable bonds is 23. The number of Topliss-reactive ketones (excluding diaryl/α,β-unsaturated/α-hetero) is 1. The Morgan fingerprint density at radius 3 is 2.02 bits per heavy atom. The summed E-state index contributed by atoms with van der Waals surface area (Å²) in [6, 6.07) is 5.27. The molecule has 3 rings (SSSR count). The Bertz CT molecular complexity index is 1690. The van der Waals surface area contributed by atoms with Crippen LogP contribution in [0.3, 0.4) is 0 Å². The molecule has 0 radical (unpaired) electrons. The molecule has 13 nitrogen and oxygen atoms in total. The van der Waals surface area contributed by atoms with Gasteiger partial charge >= 0.3 is 0 Å². The Kier molecular flexibility index (Phi) is 17.6. The molecule has 1 saturated heterocycles. The lowest BCUT2D eigenvalue weighted by molar-refractivity contribution is -0.149. The Morgan fingerprint density at radius 2 is 1.55 bits per heavy atom. The van der Waals surface area contributed by atoms with E-state index >= 15 is 0 Å². The molecule has 0 spiro atoms. The number of nitrogens with one attached hydrogen (secondary N) is 2. The predicted octanol–water partition coefficient (Wildman–Crippen LogP) is 5.34. The molecule has 2 fully saturated rings. The van der Waals surface area contributed by atoms with E-state index < -0.39 is 52.1 Å². The van der Waals surface area contributed by atoms with Gasteiger partial charge in [0.1, 0.15) is 0 Å². The number of likely N-dealkylation sites (N-methyl/N-ethyl adjacent to an activating group) is 2. The van der Waals surface area contributed by atoms with E-state index in [0.29, 0.717) is 19.4 Å². The minimum Gasteiger partial charge on any atom is -0.380 e. The van der Waals surface area contributed by atoms with Gasteiger partial charge in [-0.25, -0.2) is 13.1 Å². The number of methoxy groups -OCH3 is 2. The van der Waals surface area contributed by atoms with Gasteiger partial charge in [0.2, 0.25) is 17.7 Å². The summed E-state index contributed by atoms with van der Waals surface area (Å²) < 4.78 is 40.9. The number of carbonyl (C=O) groups excluding carboxylic acids is 4. The Hall–Kier alpha value is -3.33. The molecule has 1 aliphatic carbocycles. The number of likely N-dealkylation sites (tertiary alicyclic amines) is 1. The third-order valence-corrected chi connectivity index (χ3v) is 13.8. The normalized spacial score (nSPS) is 20.2. The Balaban J connectivity index is 1.77. The van der Waals surface area contributed by atoms with Crippen molar-refractivity contribution in [3.8, 4) is 0 Å². The van der Waals surface area contributed by atoms with Gasteiger partial charge in [0.25, 0.3) is 10.0 Å². The topological polar surface area (TPSA) is 155 Å². The summed E-state index contributed by atoms with van der Waals surface area (Å²) in [6.07, 6.45) is 2.45. The predicted molar refractivity (Wildman–Crippen MR) is 227 cm³/mol. The van der Waals surface area contributed by atoms with Crippen LogP contribution >= 0.6 is 0 Å². The van der Waals surface area contributed by atoms with E-state index in [-0.39, 0.29) is 64.7 Å². The van der Waals surface area contributed by atoms with Crippen LogP contribution in [0.15, 0.2) is 41.4 Å². The fourth-order valence-corrected chi connectivity index (χ4v) is 10.1. The van der Waals surface area contributed by atoms with E-state index in [2.05, 4.69) is 16.6 Å². The van der Waals surface area contributed by atoms with Gasteiger partial charge in [0.05, 0.1) is 53.1 Å². The van der Waals surface area contributed by atoms with Gasteiger partial charge in [-0.3, -0.25) is 24.1 Å². The first-order valence-electron chi connectivity index (χ1n) is 21.0. The van der Waals surface area contributed by atoms with Gasteiger partial charge in [0.15, 0.2) is 5.78 Å². The summed E-state index contributed by atoms with van der Waals surface area (Å²) >= 11 is 0. The fraction of sp³-hybridized carbons (Fsp3) is 0.727. The second kappa shape index (κ2) is 20.8. The minimum absolute atomic E-state index is 0.0223. The molecular formula is C44H73N5O8S. The maximum atomic E-state index is 14.3. The Labute approximate surface area is 349 Å². The second-order valence-corrected chi connectivity index (χ2v) is 19.4. The molecule has 1 aromatic carbocycles. The number of ketones is 1. The minimum atomic E-state index is -4.19. The summed E-state index contributed by atoms with van der Waals surface area (Å²) in [5.74, 6) is -2.56. The number of allylic oxidation sites excluding steroid dienone is 1. The average Bonchev–Trinajstić information content (AvgIpc) is 3.76. The number of sulfonamides is 1. The van der Waals surface area contributed by atoms with Crippen LogP contribution < -0.4 is 10.0 Å². The summed E-state index contributed by atoms with van der Waals surface area (Å²) in [6.45, 7) is 19.9. The average molecular weight is 832 g/mol. The van der Waals surface area contributed by atoms with E-state index in [1.807, 2.05) is 67.5 Å². The van der Waals surface area contributed by atoms with Crippen LogP contribution in [0.2, 0.25) is 0 Å². The molecule has 0 unspecified atom stereocenters. The van der Waals surface area contributed by atoms with Crippen molar-refractivity contribution in [2.24, 2.45) is 29.6 Å². The van der Waals surface area contributed by atoms with Crippen LogP contribution in [0, 0.1) is 29.6 Å². The van der Waals surface area contributed by atoms with Gasteiger partial charge in [-0.15, -0.1) is 0 Å². The van der Waals surface area contributed by atoms with Gasteiger partial charge in [-0.05, 0) is 82.2 Å². The van der Waals surface area contributed by atoms with Crippen LogP contribution in [0.1, 0.15) is 106 Å². The molecular weight excluding hydrogens is 759 g/mol. The zero-order valence-corrected chi connectivity index (χ0v) is 38.3. The smallest absolute Gasteiger partial charge is 0.264 e. The number of hydrogen-bond donors (Lipinski definition) is 2. The lowest BCUT2D eigenvalue weighted by atomic mass is 9.83. The summed E-state index contributed by atoms with van der Waals surface area (Å²) in [7, 11) is 4.32. The van der Waals surface area contributed by atoms with Crippen molar-refractivity contribution >= 4 is 33.5 Å². The highest BCUT2D eigenvalue weighted by Crippen LogP contribution is 2.46. The number of benzene rings is 1. The molecule has 1 heterocycles. The third kappa shape index (κ3) is 11.7. The molecule has 2 aliphatic rings. The summed E-state index contributed by atoms with van der Waals surface area (Å²) in [5, 5.41) is 3.38. The van der Waals surface area contributed by atoms with E-state index in [1.54, 1.807) is 43.0 Å². The Morgan fingerprint density at radius 1 is 0.948 bits per heavy atom. The third-order valence-electron chi connectivity index (χ3n) is 12.5. The standard InChI is InChI=1S/C44H73N5O8S/c1-15-30(8)40(48(12)43(53)34(27(2)3)25-36(50)39(28(4)5)47(10)11)37(56-13)26-38(51)49-24-16-17-35(49)41(57-14)31(9)42(52)46-58(54,55)33-20-18-32(19-21-33)44(22-23-44)45-29(6)7/h18-21,27-28,30-31,34-35,37,39-41,45H,6,15-17,22-26H2,1-5,7-14H3,(H,46,52)/t30-,31+,34-,35-,37+,39-,40-,41+/m0/s1. The summed E-state index contributed by atoms with van der Waals surface area (Å²) in [5.41, 5.74) is 1.55. The number of nitrogens with zero attached hydrogens (tertiary/aromatic N) is 3. The van der Waals surface area contributed by atoms with Gasteiger partial charge < -0.3 is 24.6 Å². The van der Waals surface area contributed by atoms with E-state index in [0.717, 1.165) is 30.5 Å². The fourth-order valence-electron chi connectivity index (χ4n) is 9.03. The maximum absolute atomic E-state index is 14.3. The van der Waals surface area contributed by atoms with Gasteiger partial charge in [-0.2, -0.15) is 0 Å². The lowest BCUT2D eigenvalue weighted by Gasteiger charge is -2.41. The highest BCUT2D eigenvalue weighted by atomic mass is 32.2. The lowest BCUT2D eigenvalue weighted by Crippen LogP contribution is -2.54. The van der Waals surface area contributed by atoms with Crippen LogP contribution in [-0.4, -0.2) is 119 Å². The van der Waals surface area contributed by atoms with Crippen molar-refractivity contribution in [2.45, 2.75) is 141 Å². The molecule has 1 aliphatic heterocycles. The van der Waals surface area contributed by atoms with E-state index in [9.17, 15) is 27.6 Å². The van der Waals surface area contributed by atoms with Crippen molar-refractivity contribution in [3.05, 3.63) is 42.1 Å². The molecule has 3 amide bonds. The second-order valence-electron chi connectivity index (χ2n) is 17.7. The van der Waals surface area contributed by atoms with Crippen LogP contribution in [0.4, 0.5) is 0 Å². The van der Waals surface area contributed by atoms with Crippen molar-refractivity contribution in [1.82, 2.24) is 24.7 Å². The maximum Gasteiger partial charge on any atom is 0.264 e. The molecule has 0 aromatic heterocycles. The first-order chi connectivity index (χ1) is 27.1. The SMILES string of the molecule is C=C(C)NC1(c2ccc(S(=O)(=O)NC(=O)[C@H](C)[C@@H](OC)[C@@H]3CCCN3C(=O)C[C@@H](OC)[C@H]([C@@H](C)CC)N(C)C(=O)[C@@H](CC(=O)[C@H](C(C)C)N(C)C)C(C)C)cc2)CC1. The molecule has 14 heteroatoms. The van der Waals surface area contributed by atoms with Crippen molar-refractivity contribution in [2.75, 3.05) is 41.9 Å². The van der Waals surface area contributed by atoms with Gasteiger partial charge in [0, 0.05) is 45.8 Å². The molecule has 8 atom stereocenters. The van der Waals surface area contributed by atoms with Crippen LogP contribution in [0.25, 0.3) is 0 Å². The zero-order chi connectivity index (χ0) is 43.9. The number of amides is 3. The van der Waals surface area contributed by atoms with Crippen molar-refractivity contribution in [1.29, 1.82) is 0 Å². The molecule has 0 bridgehead atoms. The van der Waals surface area contributed by atoms with Crippen molar-refractivity contribution in [3.63, 3.8) is 0 Å². The molecule has 58 heavy (non-hydrogen) atoms. The van der Waals surface area contributed by atoms with Gasteiger partial charge in [-0.1, -0.05) is 73.6 Å². The highest BCUT2D eigenvalue weighted by Gasteiger charge is 2.45. The zero-order valence-electron chi connectivity index (χ0n) is 37.5. The molecule has 2 N–H and O–H groups in total. The monoisotopic (exact) mass is 832 g/mol. The molecule has 328 valence electrons. The van der Waals surface area contributed by atoms with Crippen molar-refractivity contribution < 1.29 is 37.1 Å². The number of hydrogen-bond acceptors (Lipinski definition) is 10. The van der Waals surface area contributed by atoms with E-state index in [1.165, 1.54) is 19.2 Å². The summed E-state index contributed by atoms with van der Waals surface area (Å²) in [4.78, 5) is 61.0. The largest absolute Gasteiger partial charge is 0.380 e.